The lowest BCUT2D eigenvalue weighted by Gasteiger charge is -2.03. The van der Waals surface area contributed by atoms with Crippen LogP contribution in [0.3, 0.4) is 0 Å². The van der Waals surface area contributed by atoms with Gasteiger partial charge in [0.05, 0.1) is 11.0 Å². The van der Waals surface area contributed by atoms with Crippen molar-refractivity contribution in [2.24, 2.45) is 7.05 Å². The summed E-state index contributed by atoms with van der Waals surface area (Å²) in [4.78, 5) is 8.75. The van der Waals surface area contributed by atoms with Crippen molar-refractivity contribution in [2.75, 3.05) is 0 Å². The van der Waals surface area contributed by atoms with E-state index < -0.39 is 0 Å². The van der Waals surface area contributed by atoms with Crippen LogP contribution in [0.2, 0.25) is 10.2 Å². The fourth-order valence-corrected chi connectivity index (χ4v) is 2.41. The zero-order valence-corrected chi connectivity index (χ0v) is 10.8. The predicted octanol–water partition coefficient (Wildman–Crippen LogP) is 3.74. The van der Waals surface area contributed by atoms with Crippen LogP contribution in [0.15, 0.2) is 18.2 Å². The second-order valence-electron chi connectivity index (χ2n) is 3.98. The van der Waals surface area contributed by atoms with Crippen LogP contribution >= 0.6 is 23.2 Å². The molecule has 0 saturated carbocycles. The zero-order chi connectivity index (χ0) is 12.2. The molecular weight excluding hydrogens is 257 g/mol. The number of fused-ring (bicyclic) bond motifs is 3. The Hall–Kier alpha value is -1.32. The molecule has 3 nitrogen and oxygen atoms in total. The number of pyridine rings is 1. The van der Waals surface area contributed by atoms with E-state index >= 15 is 0 Å². The molecule has 0 spiro atoms. The molecular formula is C12H9Cl2N3. The lowest BCUT2D eigenvalue weighted by atomic mass is 10.2. The minimum absolute atomic E-state index is 0.429. The second-order valence-corrected chi connectivity index (χ2v) is 4.77. The van der Waals surface area contributed by atoms with Crippen LogP contribution in [-0.2, 0) is 7.05 Å². The third-order valence-corrected chi connectivity index (χ3v) is 3.45. The van der Waals surface area contributed by atoms with E-state index in [0.717, 1.165) is 27.8 Å². The molecule has 2 aromatic heterocycles. The Morgan fingerprint density at radius 2 is 1.94 bits per heavy atom. The number of rotatable bonds is 0. The molecule has 0 aliphatic rings. The van der Waals surface area contributed by atoms with Gasteiger partial charge in [0.2, 0.25) is 0 Å². The molecule has 5 heteroatoms. The molecule has 0 aliphatic heterocycles. The van der Waals surface area contributed by atoms with Gasteiger partial charge in [-0.1, -0.05) is 23.2 Å². The molecule has 3 rings (SSSR count). The fraction of sp³-hybridized carbons (Fsp3) is 0.167. The number of hydrogen-bond donors (Lipinski definition) is 0. The third-order valence-electron chi connectivity index (χ3n) is 2.95. The minimum Gasteiger partial charge on any atom is -0.331 e. The van der Waals surface area contributed by atoms with E-state index in [2.05, 4.69) is 9.97 Å². The number of aryl methyl sites for hydroxylation is 2. The van der Waals surface area contributed by atoms with Crippen LogP contribution < -0.4 is 0 Å². The second kappa shape index (κ2) is 3.59. The van der Waals surface area contributed by atoms with E-state index in [9.17, 15) is 0 Å². The maximum absolute atomic E-state index is 6.14. The number of halogens is 2. The normalized spacial score (nSPS) is 11.5. The largest absolute Gasteiger partial charge is 0.331 e. The molecule has 0 amide bonds. The first-order valence-corrected chi connectivity index (χ1v) is 5.91. The van der Waals surface area contributed by atoms with Crippen molar-refractivity contribution in [3.05, 3.63) is 34.2 Å². The molecule has 0 fully saturated rings. The first-order valence-electron chi connectivity index (χ1n) is 5.15. The Morgan fingerprint density at radius 1 is 1.18 bits per heavy atom. The Morgan fingerprint density at radius 3 is 2.71 bits per heavy atom. The quantitative estimate of drug-likeness (QED) is 0.580. The van der Waals surface area contributed by atoms with Crippen LogP contribution in [0.4, 0.5) is 0 Å². The van der Waals surface area contributed by atoms with E-state index in [4.69, 9.17) is 23.2 Å². The monoisotopic (exact) mass is 265 g/mol. The summed E-state index contributed by atoms with van der Waals surface area (Å²) in [6.07, 6.45) is 0. The number of hydrogen-bond acceptors (Lipinski definition) is 2. The summed E-state index contributed by atoms with van der Waals surface area (Å²) in [7, 11) is 1.96. The molecule has 1 aromatic carbocycles. The number of benzene rings is 1. The highest BCUT2D eigenvalue weighted by Gasteiger charge is 2.13. The summed E-state index contributed by atoms with van der Waals surface area (Å²) in [5.41, 5.74) is 2.52. The van der Waals surface area contributed by atoms with Gasteiger partial charge in [-0.2, -0.15) is 0 Å². The number of imidazole rings is 1. The lowest BCUT2D eigenvalue weighted by molar-refractivity contribution is 0.888. The van der Waals surface area contributed by atoms with Crippen molar-refractivity contribution in [2.45, 2.75) is 6.92 Å². The van der Waals surface area contributed by atoms with Gasteiger partial charge in [-0.15, -0.1) is 0 Å². The maximum Gasteiger partial charge on any atom is 0.157 e. The molecule has 0 bridgehead atoms. The molecule has 0 radical (unpaired) electrons. The first-order chi connectivity index (χ1) is 8.08. The molecule has 3 aromatic rings. The van der Waals surface area contributed by atoms with Crippen molar-refractivity contribution in [1.82, 2.24) is 14.5 Å². The zero-order valence-electron chi connectivity index (χ0n) is 9.33. The van der Waals surface area contributed by atoms with Gasteiger partial charge in [0.15, 0.2) is 5.15 Å². The van der Waals surface area contributed by atoms with Gasteiger partial charge in [-0.25, -0.2) is 9.97 Å². The molecule has 86 valence electrons. The lowest BCUT2D eigenvalue weighted by Crippen LogP contribution is -1.92. The fourth-order valence-electron chi connectivity index (χ4n) is 2.02. The molecule has 0 saturated heterocycles. The number of nitrogens with zero attached hydrogens (tertiary/aromatic N) is 3. The smallest absolute Gasteiger partial charge is 0.157 e. The van der Waals surface area contributed by atoms with Crippen molar-refractivity contribution in [1.29, 1.82) is 0 Å². The third kappa shape index (κ3) is 1.50. The van der Waals surface area contributed by atoms with Crippen molar-refractivity contribution < 1.29 is 0 Å². The minimum atomic E-state index is 0.429. The SMILES string of the molecule is Cc1nc2c(Cl)nc3ccc(Cl)cc3c2n1C. The van der Waals surface area contributed by atoms with E-state index in [1.807, 2.05) is 36.7 Å². The molecule has 0 aliphatic carbocycles. The highest BCUT2D eigenvalue weighted by Crippen LogP contribution is 2.30. The summed E-state index contributed by atoms with van der Waals surface area (Å²) in [6, 6.07) is 5.57. The topological polar surface area (TPSA) is 30.7 Å². The molecule has 0 unspecified atom stereocenters. The van der Waals surface area contributed by atoms with Gasteiger partial charge in [0, 0.05) is 17.5 Å². The summed E-state index contributed by atoms with van der Waals surface area (Å²) < 4.78 is 2.00. The average Bonchev–Trinajstić information content (AvgIpc) is 2.58. The van der Waals surface area contributed by atoms with E-state index in [0.29, 0.717) is 10.2 Å². The standard InChI is InChI=1S/C12H9Cl2N3/c1-6-15-10-11(17(6)2)8-5-7(13)3-4-9(8)16-12(10)14/h3-5H,1-2H3. The van der Waals surface area contributed by atoms with Gasteiger partial charge in [0.25, 0.3) is 0 Å². The summed E-state index contributed by atoms with van der Waals surface area (Å²) in [5, 5.41) is 2.08. The highest BCUT2D eigenvalue weighted by molar-refractivity contribution is 6.35. The van der Waals surface area contributed by atoms with Gasteiger partial charge in [-0.05, 0) is 25.1 Å². The van der Waals surface area contributed by atoms with Crippen LogP contribution in [0.1, 0.15) is 5.82 Å². The summed E-state index contributed by atoms with van der Waals surface area (Å²) in [5.74, 6) is 0.899. The van der Waals surface area contributed by atoms with Crippen LogP contribution in [0, 0.1) is 6.92 Å². The summed E-state index contributed by atoms with van der Waals surface area (Å²) in [6.45, 7) is 1.94. The Labute approximate surface area is 108 Å². The van der Waals surface area contributed by atoms with Crippen LogP contribution in [-0.4, -0.2) is 14.5 Å². The maximum atomic E-state index is 6.14. The van der Waals surface area contributed by atoms with Crippen molar-refractivity contribution in [3.8, 4) is 0 Å². The Bertz CT molecular complexity index is 746. The van der Waals surface area contributed by atoms with Gasteiger partial charge < -0.3 is 4.57 Å². The van der Waals surface area contributed by atoms with E-state index in [-0.39, 0.29) is 0 Å². The Balaban J connectivity index is 2.64. The first kappa shape index (κ1) is 10.8. The average molecular weight is 266 g/mol. The number of aromatic nitrogens is 3. The van der Waals surface area contributed by atoms with E-state index in [1.165, 1.54) is 0 Å². The van der Waals surface area contributed by atoms with Gasteiger partial charge >= 0.3 is 0 Å². The summed E-state index contributed by atoms with van der Waals surface area (Å²) >= 11 is 12.2. The highest BCUT2D eigenvalue weighted by atomic mass is 35.5. The van der Waals surface area contributed by atoms with Gasteiger partial charge in [0.1, 0.15) is 11.3 Å². The molecule has 0 N–H and O–H groups in total. The van der Waals surface area contributed by atoms with Crippen LogP contribution in [0.5, 0.6) is 0 Å². The predicted molar refractivity (Wildman–Crippen MR) is 70.8 cm³/mol. The van der Waals surface area contributed by atoms with Crippen molar-refractivity contribution in [3.63, 3.8) is 0 Å². The molecule has 2 heterocycles. The van der Waals surface area contributed by atoms with Gasteiger partial charge in [-0.3, -0.25) is 0 Å². The molecule has 0 atom stereocenters. The van der Waals surface area contributed by atoms with E-state index in [1.54, 1.807) is 0 Å². The van der Waals surface area contributed by atoms with Crippen LogP contribution in [0.25, 0.3) is 21.9 Å². The molecule has 17 heavy (non-hydrogen) atoms. The Kier molecular flexibility index (Phi) is 2.28. The van der Waals surface area contributed by atoms with Crippen molar-refractivity contribution >= 4 is 45.1 Å².